The van der Waals surface area contributed by atoms with Crippen molar-refractivity contribution in [3.8, 4) is 5.69 Å². The maximum atomic E-state index is 11.9. The van der Waals surface area contributed by atoms with Crippen molar-refractivity contribution in [3.63, 3.8) is 0 Å². The summed E-state index contributed by atoms with van der Waals surface area (Å²) in [6.45, 7) is 1.63. The van der Waals surface area contributed by atoms with Crippen molar-refractivity contribution in [2.24, 2.45) is 7.05 Å². The van der Waals surface area contributed by atoms with E-state index in [0.29, 0.717) is 11.3 Å². The molecule has 8 nitrogen and oxygen atoms in total. The molecule has 0 radical (unpaired) electrons. The summed E-state index contributed by atoms with van der Waals surface area (Å²) in [6, 6.07) is 5.20. The largest absolute Gasteiger partial charge is 0.368 e. The minimum atomic E-state index is -3.57. The first kappa shape index (κ1) is 14.4. The third kappa shape index (κ3) is 2.94. The van der Waals surface area contributed by atoms with E-state index in [1.165, 1.54) is 7.05 Å². The zero-order valence-electron chi connectivity index (χ0n) is 11.3. The van der Waals surface area contributed by atoms with Gasteiger partial charge in [0.1, 0.15) is 0 Å². The van der Waals surface area contributed by atoms with Gasteiger partial charge in [-0.2, -0.15) is 17.8 Å². The summed E-state index contributed by atoms with van der Waals surface area (Å²) in [5.41, 5.74) is 1.40. The predicted molar refractivity (Wildman–Crippen MR) is 71.0 cm³/mol. The van der Waals surface area contributed by atoms with Gasteiger partial charge < -0.3 is 0 Å². The van der Waals surface area contributed by atoms with E-state index < -0.39 is 15.8 Å². The molecule has 0 saturated carbocycles. The van der Waals surface area contributed by atoms with Crippen LogP contribution in [0.1, 0.15) is 11.1 Å². The Morgan fingerprint density at radius 1 is 1.30 bits per heavy atom. The monoisotopic (exact) mass is 298 g/mol. The maximum Gasteiger partial charge on any atom is 0.368 e. The Morgan fingerprint density at radius 3 is 2.55 bits per heavy atom. The molecule has 0 spiro atoms. The van der Waals surface area contributed by atoms with Crippen molar-refractivity contribution >= 4 is 10.1 Å². The molecule has 1 heterocycles. The summed E-state index contributed by atoms with van der Waals surface area (Å²) in [7, 11) is -2.09. The van der Waals surface area contributed by atoms with Crippen LogP contribution in [0.2, 0.25) is 0 Å². The number of nitrogens with zero attached hydrogens (tertiary/aromatic N) is 4. The summed E-state index contributed by atoms with van der Waals surface area (Å²) in [6.07, 6.45) is 0.972. The molecular formula is C11H14N4O4S. The number of aromatic nitrogens is 4. The summed E-state index contributed by atoms with van der Waals surface area (Å²) in [4.78, 5) is 11.9. The van der Waals surface area contributed by atoms with Crippen LogP contribution in [0, 0.1) is 6.92 Å². The average molecular weight is 298 g/mol. The Morgan fingerprint density at radius 2 is 2.00 bits per heavy atom. The Bertz CT molecular complexity index is 791. The van der Waals surface area contributed by atoms with E-state index >= 15 is 0 Å². The second-order valence-electron chi connectivity index (χ2n) is 4.34. The van der Waals surface area contributed by atoms with E-state index in [0.717, 1.165) is 21.2 Å². The van der Waals surface area contributed by atoms with E-state index in [9.17, 15) is 13.2 Å². The molecule has 2 rings (SSSR count). The van der Waals surface area contributed by atoms with E-state index in [-0.39, 0.29) is 6.61 Å². The van der Waals surface area contributed by atoms with Gasteiger partial charge in [-0.25, -0.2) is 4.79 Å². The molecule has 108 valence electrons. The van der Waals surface area contributed by atoms with E-state index in [4.69, 9.17) is 4.18 Å². The van der Waals surface area contributed by atoms with Crippen molar-refractivity contribution < 1.29 is 12.6 Å². The molecule has 0 bridgehead atoms. The zero-order chi connectivity index (χ0) is 14.9. The predicted octanol–water partition coefficient (Wildman–Crippen LogP) is -0.249. The molecular weight excluding hydrogens is 284 g/mol. The van der Waals surface area contributed by atoms with Gasteiger partial charge in [0.25, 0.3) is 10.1 Å². The molecule has 1 aromatic heterocycles. The fourth-order valence-electron chi connectivity index (χ4n) is 1.70. The van der Waals surface area contributed by atoms with Gasteiger partial charge in [-0.3, -0.25) is 4.18 Å². The van der Waals surface area contributed by atoms with Crippen molar-refractivity contribution in [1.29, 1.82) is 0 Å². The lowest BCUT2D eigenvalue weighted by molar-refractivity contribution is 0.310. The number of benzene rings is 1. The van der Waals surface area contributed by atoms with Crippen LogP contribution in [-0.4, -0.2) is 34.5 Å². The molecule has 20 heavy (non-hydrogen) atoms. The highest BCUT2D eigenvalue weighted by molar-refractivity contribution is 7.85. The molecule has 0 amide bonds. The first-order valence-corrected chi connectivity index (χ1v) is 7.53. The Balaban J connectivity index is 2.52. The molecule has 1 aromatic carbocycles. The first-order valence-electron chi connectivity index (χ1n) is 5.72. The molecule has 0 aliphatic carbocycles. The number of rotatable bonds is 4. The lowest BCUT2D eigenvalue weighted by atomic mass is 10.1. The van der Waals surface area contributed by atoms with Gasteiger partial charge in [0.05, 0.1) is 18.6 Å². The molecule has 0 aliphatic rings. The highest BCUT2D eigenvalue weighted by Crippen LogP contribution is 2.18. The Hall–Kier alpha value is -2.00. The summed E-state index contributed by atoms with van der Waals surface area (Å²) < 4.78 is 29.2. The fourth-order valence-corrected chi connectivity index (χ4v) is 2.04. The van der Waals surface area contributed by atoms with Gasteiger partial charge in [0.15, 0.2) is 0 Å². The van der Waals surface area contributed by atoms with E-state index in [1.807, 2.05) is 0 Å². The lowest BCUT2D eigenvalue weighted by Gasteiger charge is -2.10. The quantitative estimate of drug-likeness (QED) is 0.722. The SMILES string of the molecule is Cc1cccc(-n2nnn(C)c2=O)c1COS(C)(=O)=O. The second kappa shape index (κ2) is 5.17. The standard InChI is InChI=1S/C11H14N4O4S/c1-8-5-4-6-10(9(8)7-19-20(3,17)18)15-11(16)14(2)12-13-15/h4-6H,7H2,1-3H3. The number of hydrogen-bond donors (Lipinski definition) is 0. The third-order valence-electron chi connectivity index (χ3n) is 2.75. The zero-order valence-corrected chi connectivity index (χ0v) is 12.1. The van der Waals surface area contributed by atoms with Crippen molar-refractivity contribution in [2.45, 2.75) is 13.5 Å². The molecule has 0 unspecified atom stereocenters. The smallest absolute Gasteiger partial charge is 0.265 e. The van der Waals surface area contributed by atoms with Crippen LogP contribution >= 0.6 is 0 Å². The van der Waals surface area contributed by atoms with Crippen molar-refractivity contribution in [2.75, 3.05) is 6.26 Å². The first-order chi connectivity index (χ1) is 9.29. The molecule has 0 atom stereocenters. The fraction of sp³-hybridized carbons (Fsp3) is 0.364. The van der Waals surface area contributed by atoms with Gasteiger partial charge in [-0.1, -0.05) is 12.1 Å². The maximum absolute atomic E-state index is 11.9. The highest BCUT2D eigenvalue weighted by Gasteiger charge is 2.14. The van der Waals surface area contributed by atoms with Crippen LogP contribution in [0.3, 0.4) is 0 Å². The average Bonchev–Trinajstić information content (AvgIpc) is 2.67. The minimum Gasteiger partial charge on any atom is -0.265 e. The summed E-state index contributed by atoms with van der Waals surface area (Å²) >= 11 is 0. The van der Waals surface area contributed by atoms with E-state index in [2.05, 4.69) is 10.4 Å². The highest BCUT2D eigenvalue weighted by atomic mass is 32.2. The summed E-state index contributed by atoms with van der Waals surface area (Å²) in [5.74, 6) is 0. The van der Waals surface area contributed by atoms with Crippen LogP contribution in [0.5, 0.6) is 0 Å². The normalized spacial score (nSPS) is 11.8. The lowest BCUT2D eigenvalue weighted by Crippen LogP contribution is -2.23. The topological polar surface area (TPSA) is 96.1 Å². The Labute approximate surface area is 115 Å². The van der Waals surface area contributed by atoms with Gasteiger partial charge in [0, 0.05) is 12.6 Å². The third-order valence-corrected chi connectivity index (χ3v) is 3.30. The Kier molecular flexibility index (Phi) is 3.73. The van der Waals surface area contributed by atoms with Crippen LogP contribution in [0.25, 0.3) is 5.69 Å². The molecule has 0 N–H and O–H groups in total. The molecule has 0 fully saturated rings. The van der Waals surface area contributed by atoms with Gasteiger partial charge >= 0.3 is 5.69 Å². The number of tetrazole rings is 1. The van der Waals surface area contributed by atoms with Crippen LogP contribution in [0.4, 0.5) is 0 Å². The molecule has 0 saturated heterocycles. The van der Waals surface area contributed by atoms with Gasteiger partial charge in [-0.15, -0.1) is 0 Å². The van der Waals surface area contributed by atoms with Crippen LogP contribution in [-0.2, 0) is 28.0 Å². The minimum absolute atomic E-state index is 0.163. The van der Waals surface area contributed by atoms with Gasteiger partial charge in [-0.05, 0) is 29.0 Å². The van der Waals surface area contributed by atoms with Crippen LogP contribution < -0.4 is 5.69 Å². The summed E-state index contributed by atoms with van der Waals surface area (Å²) in [5, 5.41) is 7.37. The van der Waals surface area contributed by atoms with Crippen molar-refractivity contribution in [3.05, 3.63) is 39.8 Å². The van der Waals surface area contributed by atoms with Crippen molar-refractivity contribution in [1.82, 2.24) is 19.8 Å². The van der Waals surface area contributed by atoms with E-state index in [1.54, 1.807) is 25.1 Å². The molecule has 2 aromatic rings. The molecule has 9 heteroatoms. The number of aryl methyl sites for hydroxylation is 2. The second-order valence-corrected chi connectivity index (χ2v) is 5.98. The number of hydrogen-bond acceptors (Lipinski definition) is 6. The van der Waals surface area contributed by atoms with Gasteiger partial charge in [0.2, 0.25) is 0 Å². The molecule has 0 aliphatic heterocycles. The van der Waals surface area contributed by atoms with Crippen LogP contribution in [0.15, 0.2) is 23.0 Å².